The lowest BCUT2D eigenvalue weighted by Crippen LogP contribution is -2.13. The zero-order valence-electron chi connectivity index (χ0n) is 11.2. The predicted octanol–water partition coefficient (Wildman–Crippen LogP) is 2.13. The third-order valence-electron chi connectivity index (χ3n) is 2.41. The molecule has 0 aliphatic heterocycles. The highest BCUT2D eigenvalue weighted by Crippen LogP contribution is 2.09. The minimum Gasteiger partial charge on any atom is -0.380 e. The van der Waals surface area contributed by atoms with Crippen molar-refractivity contribution < 1.29 is 4.74 Å². The molecule has 5 heteroatoms. The zero-order valence-corrected chi connectivity index (χ0v) is 11.2. The first-order chi connectivity index (χ1) is 8.63. The summed E-state index contributed by atoms with van der Waals surface area (Å²) in [6.07, 6.45) is 2.60. The molecule has 0 radical (unpaired) electrons. The van der Waals surface area contributed by atoms with Gasteiger partial charge in [-0.05, 0) is 19.3 Å². The fraction of sp³-hybridized carbons (Fsp3) is 0.615. The van der Waals surface area contributed by atoms with Crippen molar-refractivity contribution in [2.75, 3.05) is 25.1 Å². The van der Waals surface area contributed by atoms with Gasteiger partial charge < -0.3 is 10.1 Å². The molecule has 0 spiro atoms. The van der Waals surface area contributed by atoms with Crippen molar-refractivity contribution in [2.45, 2.75) is 27.2 Å². The second kappa shape index (κ2) is 7.62. The van der Waals surface area contributed by atoms with Gasteiger partial charge in [0.25, 0.3) is 0 Å². The molecule has 5 nitrogen and oxygen atoms in total. The van der Waals surface area contributed by atoms with Crippen LogP contribution >= 0.6 is 0 Å². The minimum atomic E-state index is 0.461. The van der Waals surface area contributed by atoms with Gasteiger partial charge in [0.2, 0.25) is 0 Å². The van der Waals surface area contributed by atoms with E-state index in [2.05, 4.69) is 35.2 Å². The number of nitriles is 1. The zero-order chi connectivity index (χ0) is 13.4. The first kappa shape index (κ1) is 14.4. The van der Waals surface area contributed by atoms with Gasteiger partial charge in [-0.15, -0.1) is 0 Å². The molecule has 98 valence electrons. The predicted molar refractivity (Wildman–Crippen MR) is 70.2 cm³/mol. The highest BCUT2D eigenvalue weighted by molar-refractivity contribution is 5.50. The molecule has 0 aliphatic carbocycles. The Kier molecular flexibility index (Phi) is 6.09. The van der Waals surface area contributed by atoms with Gasteiger partial charge in [0, 0.05) is 13.2 Å². The lowest BCUT2D eigenvalue weighted by atomic mass is 10.1. The van der Waals surface area contributed by atoms with E-state index in [1.165, 1.54) is 6.20 Å². The molecule has 18 heavy (non-hydrogen) atoms. The molecule has 1 aromatic rings. The SMILES string of the molecule is Cc1ncc(C#N)c(NCCOCCC(C)C)n1. The molecule has 0 aromatic carbocycles. The molecular formula is C13H20N4O. The molecule has 0 aliphatic rings. The summed E-state index contributed by atoms with van der Waals surface area (Å²) in [4.78, 5) is 8.17. The summed E-state index contributed by atoms with van der Waals surface area (Å²) in [5.74, 6) is 1.89. The Morgan fingerprint density at radius 3 is 2.89 bits per heavy atom. The van der Waals surface area contributed by atoms with E-state index in [4.69, 9.17) is 10.00 Å². The van der Waals surface area contributed by atoms with Crippen LogP contribution in [0.3, 0.4) is 0 Å². The van der Waals surface area contributed by atoms with Gasteiger partial charge in [-0.2, -0.15) is 5.26 Å². The third kappa shape index (κ3) is 5.11. The maximum atomic E-state index is 8.91. The summed E-state index contributed by atoms with van der Waals surface area (Å²) in [7, 11) is 0. The molecule has 0 unspecified atom stereocenters. The number of anilines is 1. The van der Waals surface area contributed by atoms with E-state index in [9.17, 15) is 0 Å². The molecule has 0 bridgehead atoms. The Morgan fingerprint density at radius 2 is 2.22 bits per heavy atom. The fourth-order valence-corrected chi connectivity index (χ4v) is 1.35. The second-order valence-corrected chi connectivity index (χ2v) is 4.51. The maximum absolute atomic E-state index is 8.91. The summed E-state index contributed by atoms with van der Waals surface area (Å²) >= 11 is 0. The van der Waals surface area contributed by atoms with Crippen LogP contribution in [0.15, 0.2) is 6.20 Å². The number of ether oxygens (including phenoxy) is 1. The summed E-state index contributed by atoms with van der Waals surface area (Å²) < 4.78 is 5.48. The third-order valence-corrected chi connectivity index (χ3v) is 2.41. The molecule has 1 N–H and O–H groups in total. The van der Waals surface area contributed by atoms with Gasteiger partial charge >= 0.3 is 0 Å². The molecule has 0 saturated heterocycles. The van der Waals surface area contributed by atoms with Crippen LogP contribution in [-0.2, 0) is 4.74 Å². The van der Waals surface area contributed by atoms with Gasteiger partial charge in [0.05, 0.1) is 12.8 Å². The number of nitrogens with one attached hydrogen (secondary N) is 1. The van der Waals surface area contributed by atoms with Gasteiger partial charge in [0.1, 0.15) is 23.3 Å². The van der Waals surface area contributed by atoms with Crippen molar-refractivity contribution in [3.05, 3.63) is 17.6 Å². The molecule has 1 aromatic heterocycles. The number of hydrogen-bond acceptors (Lipinski definition) is 5. The van der Waals surface area contributed by atoms with Crippen LogP contribution in [0.4, 0.5) is 5.82 Å². The first-order valence-corrected chi connectivity index (χ1v) is 6.19. The van der Waals surface area contributed by atoms with Gasteiger partial charge in [-0.3, -0.25) is 0 Å². The Bertz CT molecular complexity index is 412. The van der Waals surface area contributed by atoms with Crippen LogP contribution in [0.2, 0.25) is 0 Å². The molecule has 0 fully saturated rings. The number of aryl methyl sites for hydroxylation is 1. The summed E-state index contributed by atoms with van der Waals surface area (Å²) in [6, 6.07) is 2.06. The molecule has 0 atom stereocenters. The average Bonchev–Trinajstić information content (AvgIpc) is 2.33. The lowest BCUT2D eigenvalue weighted by Gasteiger charge is -2.09. The largest absolute Gasteiger partial charge is 0.380 e. The molecular weight excluding hydrogens is 228 g/mol. The Morgan fingerprint density at radius 1 is 1.44 bits per heavy atom. The lowest BCUT2D eigenvalue weighted by molar-refractivity contribution is 0.132. The van der Waals surface area contributed by atoms with Crippen LogP contribution in [-0.4, -0.2) is 29.7 Å². The van der Waals surface area contributed by atoms with Crippen LogP contribution in [0, 0.1) is 24.2 Å². The van der Waals surface area contributed by atoms with Crippen molar-refractivity contribution in [3.8, 4) is 6.07 Å². The minimum absolute atomic E-state index is 0.461. The Labute approximate surface area is 108 Å². The number of nitrogens with zero attached hydrogens (tertiary/aromatic N) is 3. The van der Waals surface area contributed by atoms with Crippen LogP contribution in [0.25, 0.3) is 0 Å². The number of hydrogen-bond donors (Lipinski definition) is 1. The van der Waals surface area contributed by atoms with Gasteiger partial charge in [-0.25, -0.2) is 9.97 Å². The summed E-state index contributed by atoms with van der Waals surface area (Å²) in [5, 5.41) is 12.0. The van der Waals surface area contributed by atoms with Crippen molar-refractivity contribution >= 4 is 5.82 Å². The van der Waals surface area contributed by atoms with Crippen molar-refractivity contribution in [3.63, 3.8) is 0 Å². The number of rotatable bonds is 7. The van der Waals surface area contributed by atoms with Crippen LogP contribution < -0.4 is 5.32 Å². The highest BCUT2D eigenvalue weighted by Gasteiger charge is 2.03. The standard InChI is InChI=1S/C13H20N4O/c1-10(2)4-6-18-7-5-15-13-12(8-14)9-16-11(3)17-13/h9-10H,4-7H2,1-3H3,(H,15,16,17). The monoisotopic (exact) mass is 248 g/mol. The smallest absolute Gasteiger partial charge is 0.147 e. The molecule has 0 amide bonds. The van der Waals surface area contributed by atoms with E-state index in [1.807, 2.05) is 0 Å². The van der Waals surface area contributed by atoms with Crippen molar-refractivity contribution in [1.82, 2.24) is 9.97 Å². The summed E-state index contributed by atoms with van der Waals surface area (Å²) in [6.45, 7) is 8.16. The van der Waals surface area contributed by atoms with E-state index in [0.29, 0.717) is 36.3 Å². The Balaban J connectivity index is 2.31. The van der Waals surface area contributed by atoms with E-state index < -0.39 is 0 Å². The summed E-state index contributed by atoms with van der Waals surface area (Å²) in [5.41, 5.74) is 0.461. The first-order valence-electron chi connectivity index (χ1n) is 6.19. The molecule has 1 rings (SSSR count). The topological polar surface area (TPSA) is 70.8 Å². The molecule has 1 heterocycles. The van der Waals surface area contributed by atoms with E-state index in [1.54, 1.807) is 6.92 Å². The van der Waals surface area contributed by atoms with Crippen molar-refractivity contribution in [2.24, 2.45) is 5.92 Å². The van der Waals surface area contributed by atoms with E-state index >= 15 is 0 Å². The van der Waals surface area contributed by atoms with E-state index in [-0.39, 0.29) is 0 Å². The van der Waals surface area contributed by atoms with Crippen LogP contribution in [0.1, 0.15) is 31.7 Å². The Hall–Kier alpha value is -1.67. The molecule has 0 saturated carbocycles. The quantitative estimate of drug-likeness (QED) is 0.748. The highest BCUT2D eigenvalue weighted by atomic mass is 16.5. The van der Waals surface area contributed by atoms with Gasteiger partial charge in [0.15, 0.2) is 0 Å². The maximum Gasteiger partial charge on any atom is 0.147 e. The van der Waals surface area contributed by atoms with Crippen molar-refractivity contribution in [1.29, 1.82) is 5.26 Å². The normalized spacial score (nSPS) is 10.4. The van der Waals surface area contributed by atoms with Gasteiger partial charge in [-0.1, -0.05) is 13.8 Å². The van der Waals surface area contributed by atoms with Crippen LogP contribution in [0.5, 0.6) is 0 Å². The van der Waals surface area contributed by atoms with E-state index in [0.717, 1.165) is 13.0 Å². The second-order valence-electron chi connectivity index (χ2n) is 4.51. The average molecular weight is 248 g/mol. The fourth-order valence-electron chi connectivity index (χ4n) is 1.35. The number of aromatic nitrogens is 2.